The average Bonchev–Trinajstić information content (AvgIpc) is 2.40. The van der Waals surface area contributed by atoms with E-state index in [1.807, 2.05) is 6.21 Å². The Hall–Kier alpha value is -1.37. The van der Waals surface area contributed by atoms with Crippen LogP contribution in [0.5, 0.6) is 0 Å². The van der Waals surface area contributed by atoms with Gasteiger partial charge in [-0.1, -0.05) is 58.1 Å². The number of hydrogen-bond acceptors (Lipinski definition) is 1. The van der Waals surface area contributed by atoms with Crippen LogP contribution < -0.4 is 0 Å². The molecule has 0 amide bonds. The van der Waals surface area contributed by atoms with Gasteiger partial charge in [-0.15, -0.1) is 0 Å². The molecule has 0 bridgehead atoms. The summed E-state index contributed by atoms with van der Waals surface area (Å²) in [5.74, 6) is 0. The molecular formula is C15H19N. The highest BCUT2D eigenvalue weighted by Gasteiger charge is 2.17. The van der Waals surface area contributed by atoms with E-state index in [-0.39, 0.29) is 10.8 Å². The fourth-order valence-corrected chi connectivity index (χ4v) is 1.68. The zero-order chi connectivity index (χ0) is 11.8. The summed E-state index contributed by atoms with van der Waals surface area (Å²) >= 11 is 0. The van der Waals surface area contributed by atoms with E-state index in [4.69, 9.17) is 0 Å². The maximum Gasteiger partial charge on any atom is 0.0695 e. The molecule has 0 aromatic heterocycles. The summed E-state index contributed by atoms with van der Waals surface area (Å²) in [6.45, 7) is 8.72. The molecule has 2 rings (SSSR count). The van der Waals surface area contributed by atoms with E-state index in [1.165, 1.54) is 5.57 Å². The Bertz CT molecular complexity index is 362. The molecule has 0 atom stereocenters. The fourth-order valence-electron chi connectivity index (χ4n) is 1.68. The molecule has 1 heterocycles. The van der Waals surface area contributed by atoms with Crippen LogP contribution in [0.1, 0.15) is 27.7 Å². The molecule has 84 valence electrons. The lowest BCUT2D eigenvalue weighted by Crippen LogP contribution is -2.07. The third kappa shape index (κ3) is 2.41. The lowest BCUT2D eigenvalue weighted by Gasteiger charge is -2.13. The largest absolute Gasteiger partial charge is 0.260 e. The molecule has 0 fully saturated rings. The molecule has 1 nitrogen and oxygen atoms in total. The predicted molar refractivity (Wildman–Crippen MR) is 70.5 cm³/mol. The Morgan fingerprint density at radius 1 is 0.812 bits per heavy atom. The molecule has 0 aromatic carbocycles. The average molecular weight is 213 g/mol. The van der Waals surface area contributed by atoms with Crippen LogP contribution in [0.2, 0.25) is 0 Å². The van der Waals surface area contributed by atoms with Crippen molar-refractivity contribution in [2.45, 2.75) is 27.7 Å². The summed E-state index contributed by atoms with van der Waals surface area (Å²) in [7, 11) is 0. The molecule has 0 unspecified atom stereocenters. The standard InChI is InChI=1S/C15H19N/c1-14(2)8-5-12-6-9-15(3,4)11-16-13(12)7-10-14/h5-11H,1-4H3. The van der Waals surface area contributed by atoms with Crippen molar-refractivity contribution in [2.24, 2.45) is 15.8 Å². The topological polar surface area (TPSA) is 12.4 Å². The molecule has 0 radical (unpaired) electrons. The van der Waals surface area contributed by atoms with Gasteiger partial charge in [-0.25, -0.2) is 0 Å². The first-order valence-electron chi connectivity index (χ1n) is 5.75. The Balaban J connectivity index is 2.43. The van der Waals surface area contributed by atoms with Gasteiger partial charge in [-0.2, -0.15) is 0 Å². The summed E-state index contributed by atoms with van der Waals surface area (Å²) in [5, 5.41) is 0. The second-order valence-electron chi connectivity index (χ2n) is 5.74. The minimum Gasteiger partial charge on any atom is -0.260 e. The Morgan fingerprint density at radius 2 is 1.38 bits per heavy atom. The van der Waals surface area contributed by atoms with E-state index in [2.05, 4.69) is 69.1 Å². The molecule has 0 saturated carbocycles. The van der Waals surface area contributed by atoms with Crippen molar-refractivity contribution in [1.29, 1.82) is 0 Å². The van der Waals surface area contributed by atoms with Crippen molar-refractivity contribution in [3.05, 3.63) is 47.7 Å². The minimum atomic E-state index is 0.0450. The van der Waals surface area contributed by atoms with E-state index in [0.29, 0.717) is 0 Å². The molecule has 0 saturated heterocycles. The van der Waals surface area contributed by atoms with Crippen LogP contribution in [-0.2, 0) is 0 Å². The van der Waals surface area contributed by atoms with Crippen LogP contribution in [0.4, 0.5) is 0 Å². The molecule has 1 aliphatic heterocycles. The van der Waals surface area contributed by atoms with Crippen LogP contribution in [-0.4, -0.2) is 6.21 Å². The lowest BCUT2D eigenvalue weighted by molar-refractivity contribution is 0.626. The van der Waals surface area contributed by atoms with E-state index in [9.17, 15) is 0 Å². The van der Waals surface area contributed by atoms with Crippen molar-refractivity contribution in [3.63, 3.8) is 0 Å². The molecule has 0 spiro atoms. The molecule has 16 heavy (non-hydrogen) atoms. The summed E-state index contributed by atoms with van der Waals surface area (Å²) in [4.78, 5) is 4.58. The maximum atomic E-state index is 4.58. The normalized spacial score (nSPS) is 25.2. The molecule has 2 aliphatic rings. The van der Waals surface area contributed by atoms with Gasteiger partial charge in [0.15, 0.2) is 0 Å². The van der Waals surface area contributed by atoms with Crippen molar-refractivity contribution < 1.29 is 0 Å². The molecule has 0 N–H and O–H groups in total. The predicted octanol–water partition coefficient (Wildman–Crippen LogP) is 4.06. The van der Waals surface area contributed by atoms with Crippen molar-refractivity contribution in [1.82, 2.24) is 0 Å². The first-order chi connectivity index (χ1) is 7.38. The zero-order valence-electron chi connectivity index (χ0n) is 10.5. The first-order valence-corrected chi connectivity index (χ1v) is 5.75. The third-order valence-corrected chi connectivity index (χ3v) is 2.89. The van der Waals surface area contributed by atoms with Gasteiger partial charge in [0.2, 0.25) is 0 Å². The summed E-state index contributed by atoms with van der Waals surface area (Å²) in [6, 6.07) is 0. The number of rotatable bonds is 0. The Morgan fingerprint density at radius 3 is 2.06 bits per heavy atom. The zero-order valence-corrected chi connectivity index (χ0v) is 10.5. The van der Waals surface area contributed by atoms with Crippen LogP contribution in [0.3, 0.4) is 0 Å². The summed E-state index contributed by atoms with van der Waals surface area (Å²) in [6.07, 6.45) is 15.1. The van der Waals surface area contributed by atoms with E-state index in [1.54, 1.807) is 0 Å². The van der Waals surface area contributed by atoms with Gasteiger partial charge in [-0.3, -0.25) is 4.99 Å². The highest BCUT2D eigenvalue weighted by molar-refractivity contribution is 5.71. The summed E-state index contributed by atoms with van der Waals surface area (Å²) in [5.41, 5.74) is 2.42. The number of aliphatic imine (C=N–C) groups is 1. The van der Waals surface area contributed by atoms with E-state index < -0.39 is 0 Å². The van der Waals surface area contributed by atoms with Crippen LogP contribution in [0, 0.1) is 10.8 Å². The molecular weight excluding hydrogens is 194 g/mol. The highest BCUT2D eigenvalue weighted by Crippen LogP contribution is 2.29. The SMILES string of the molecule is CC1(C)C=CC2=C(C=C1)N=CC(C)(C)C=C2. The lowest BCUT2D eigenvalue weighted by atomic mass is 9.92. The van der Waals surface area contributed by atoms with Crippen molar-refractivity contribution in [2.75, 3.05) is 0 Å². The van der Waals surface area contributed by atoms with Gasteiger partial charge >= 0.3 is 0 Å². The third-order valence-electron chi connectivity index (χ3n) is 2.89. The van der Waals surface area contributed by atoms with Gasteiger partial charge < -0.3 is 0 Å². The molecule has 1 heteroatoms. The highest BCUT2D eigenvalue weighted by atomic mass is 14.7. The van der Waals surface area contributed by atoms with Crippen LogP contribution in [0.15, 0.2) is 52.7 Å². The maximum absolute atomic E-state index is 4.58. The Labute approximate surface area is 98.0 Å². The van der Waals surface area contributed by atoms with Gasteiger partial charge in [0.1, 0.15) is 0 Å². The van der Waals surface area contributed by atoms with Crippen molar-refractivity contribution in [3.8, 4) is 0 Å². The smallest absolute Gasteiger partial charge is 0.0695 e. The minimum absolute atomic E-state index is 0.0450. The van der Waals surface area contributed by atoms with Crippen LogP contribution in [0.25, 0.3) is 0 Å². The monoisotopic (exact) mass is 213 g/mol. The Kier molecular flexibility index (Phi) is 2.49. The van der Waals surface area contributed by atoms with Gasteiger partial charge in [0.25, 0.3) is 0 Å². The molecule has 1 aliphatic carbocycles. The summed E-state index contributed by atoms with van der Waals surface area (Å²) < 4.78 is 0. The second kappa shape index (κ2) is 3.58. The molecule has 0 aromatic rings. The van der Waals surface area contributed by atoms with Gasteiger partial charge in [0, 0.05) is 17.0 Å². The van der Waals surface area contributed by atoms with Crippen molar-refractivity contribution >= 4 is 6.21 Å². The quantitative estimate of drug-likeness (QED) is 0.575. The second-order valence-corrected chi connectivity index (χ2v) is 5.74. The number of hydrogen-bond donors (Lipinski definition) is 0. The van der Waals surface area contributed by atoms with E-state index in [0.717, 1.165) is 5.70 Å². The fraction of sp³-hybridized carbons (Fsp3) is 0.400. The van der Waals surface area contributed by atoms with E-state index >= 15 is 0 Å². The van der Waals surface area contributed by atoms with Gasteiger partial charge in [0.05, 0.1) is 5.70 Å². The number of allylic oxidation sites excluding steroid dienone is 7. The number of nitrogens with zero attached hydrogens (tertiary/aromatic N) is 1. The first kappa shape index (κ1) is 11.1. The van der Waals surface area contributed by atoms with Gasteiger partial charge in [-0.05, 0) is 11.6 Å². The van der Waals surface area contributed by atoms with Crippen LogP contribution >= 0.6 is 0 Å².